The third kappa shape index (κ3) is 4.02. The predicted molar refractivity (Wildman–Crippen MR) is 91.6 cm³/mol. The van der Waals surface area contributed by atoms with Crippen molar-refractivity contribution in [1.82, 2.24) is 15.0 Å². The number of pyridine rings is 1. The van der Waals surface area contributed by atoms with Crippen molar-refractivity contribution in [3.05, 3.63) is 59.5 Å². The molecule has 0 saturated heterocycles. The van der Waals surface area contributed by atoms with E-state index in [9.17, 15) is 13.2 Å². The SMILES string of the molecule is COc1ccc(Cl)cc1Nc1cc(C(F)(F)F)nc(-c2cccnc2)n1. The largest absolute Gasteiger partial charge is 0.495 e. The summed E-state index contributed by atoms with van der Waals surface area (Å²) in [4.78, 5) is 11.6. The molecule has 0 saturated carbocycles. The molecule has 0 bridgehead atoms. The average molecular weight is 381 g/mol. The molecule has 3 aromatic rings. The smallest absolute Gasteiger partial charge is 0.433 e. The van der Waals surface area contributed by atoms with Gasteiger partial charge in [-0.1, -0.05) is 11.6 Å². The van der Waals surface area contributed by atoms with Crippen LogP contribution in [0.5, 0.6) is 5.75 Å². The molecule has 0 unspecified atom stereocenters. The summed E-state index contributed by atoms with van der Waals surface area (Å²) < 4.78 is 44.9. The van der Waals surface area contributed by atoms with Crippen molar-refractivity contribution < 1.29 is 17.9 Å². The molecular weight excluding hydrogens is 369 g/mol. The highest BCUT2D eigenvalue weighted by molar-refractivity contribution is 6.31. The fourth-order valence-electron chi connectivity index (χ4n) is 2.20. The second kappa shape index (κ2) is 7.17. The van der Waals surface area contributed by atoms with Crippen molar-refractivity contribution in [2.45, 2.75) is 6.18 Å². The second-order valence-electron chi connectivity index (χ2n) is 5.17. The van der Waals surface area contributed by atoms with E-state index >= 15 is 0 Å². The molecule has 0 aliphatic rings. The lowest BCUT2D eigenvalue weighted by molar-refractivity contribution is -0.141. The molecule has 3 rings (SSSR count). The van der Waals surface area contributed by atoms with Crippen molar-refractivity contribution in [2.24, 2.45) is 0 Å². The molecule has 5 nitrogen and oxygen atoms in total. The number of nitrogens with one attached hydrogen (secondary N) is 1. The van der Waals surface area contributed by atoms with E-state index in [1.165, 1.54) is 25.6 Å². The highest BCUT2D eigenvalue weighted by Gasteiger charge is 2.34. The first-order valence-corrected chi connectivity index (χ1v) is 7.72. The van der Waals surface area contributed by atoms with Crippen molar-refractivity contribution in [1.29, 1.82) is 0 Å². The molecule has 0 aliphatic carbocycles. The van der Waals surface area contributed by atoms with Gasteiger partial charge in [-0.25, -0.2) is 9.97 Å². The van der Waals surface area contributed by atoms with Crippen molar-refractivity contribution in [2.75, 3.05) is 12.4 Å². The molecule has 134 valence electrons. The van der Waals surface area contributed by atoms with Crippen molar-refractivity contribution >= 4 is 23.1 Å². The zero-order valence-electron chi connectivity index (χ0n) is 13.4. The van der Waals surface area contributed by atoms with Crippen LogP contribution in [0.1, 0.15) is 5.69 Å². The first kappa shape index (κ1) is 17.9. The van der Waals surface area contributed by atoms with E-state index in [1.807, 2.05) is 0 Å². The molecular formula is C17H12ClF3N4O. The lowest BCUT2D eigenvalue weighted by Gasteiger charge is -2.14. The van der Waals surface area contributed by atoms with Gasteiger partial charge in [0.2, 0.25) is 0 Å². The van der Waals surface area contributed by atoms with Gasteiger partial charge < -0.3 is 10.1 Å². The number of benzene rings is 1. The van der Waals surface area contributed by atoms with E-state index in [1.54, 1.807) is 24.3 Å². The van der Waals surface area contributed by atoms with Gasteiger partial charge in [-0.05, 0) is 30.3 Å². The molecule has 2 aromatic heterocycles. The minimum absolute atomic E-state index is 0.0493. The quantitative estimate of drug-likeness (QED) is 0.693. The number of anilines is 2. The maximum atomic E-state index is 13.2. The molecule has 1 aromatic carbocycles. The molecule has 9 heteroatoms. The fourth-order valence-corrected chi connectivity index (χ4v) is 2.37. The van der Waals surface area contributed by atoms with Crippen LogP contribution in [0.2, 0.25) is 5.02 Å². The number of ether oxygens (including phenoxy) is 1. The number of hydrogen-bond donors (Lipinski definition) is 1. The molecule has 0 radical (unpaired) electrons. The maximum Gasteiger partial charge on any atom is 0.433 e. The zero-order valence-corrected chi connectivity index (χ0v) is 14.1. The number of hydrogen-bond acceptors (Lipinski definition) is 5. The Morgan fingerprint density at radius 2 is 1.92 bits per heavy atom. The van der Waals surface area contributed by atoms with Crippen LogP contribution >= 0.6 is 11.6 Å². The van der Waals surface area contributed by atoms with Crippen LogP contribution < -0.4 is 10.1 Å². The molecule has 0 amide bonds. The number of nitrogens with zero attached hydrogens (tertiary/aromatic N) is 3. The summed E-state index contributed by atoms with van der Waals surface area (Å²) in [5, 5.41) is 3.20. The van der Waals surface area contributed by atoms with Crippen LogP contribution in [0, 0.1) is 0 Å². The summed E-state index contributed by atoms with van der Waals surface area (Å²) in [6.45, 7) is 0. The van der Waals surface area contributed by atoms with Crippen LogP contribution in [-0.2, 0) is 6.18 Å². The number of methoxy groups -OCH3 is 1. The van der Waals surface area contributed by atoms with Crippen molar-refractivity contribution in [3.8, 4) is 17.1 Å². The third-order valence-electron chi connectivity index (χ3n) is 3.36. The van der Waals surface area contributed by atoms with Crippen LogP contribution in [0.4, 0.5) is 24.7 Å². The summed E-state index contributed by atoms with van der Waals surface area (Å²) >= 11 is 5.95. The van der Waals surface area contributed by atoms with Crippen LogP contribution in [0.3, 0.4) is 0 Å². The standard InChI is InChI=1S/C17H12ClF3N4O/c1-26-13-5-4-11(18)7-12(13)23-15-8-14(17(19,20)21)24-16(25-15)10-3-2-6-22-9-10/h2-9H,1H3,(H,23,24,25). The molecule has 1 N–H and O–H groups in total. The van der Waals surface area contributed by atoms with Gasteiger partial charge >= 0.3 is 6.18 Å². The van der Waals surface area contributed by atoms with Crippen LogP contribution in [-0.4, -0.2) is 22.1 Å². The normalized spacial score (nSPS) is 11.3. The average Bonchev–Trinajstić information content (AvgIpc) is 2.62. The zero-order chi connectivity index (χ0) is 18.7. The topological polar surface area (TPSA) is 59.9 Å². The molecule has 26 heavy (non-hydrogen) atoms. The van der Waals surface area contributed by atoms with E-state index in [2.05, 4.69) is 20.3 Å². The second-order valence-corrected chi connectivity index (χ2v) is 5.61. The predicted octanol–water partition coefficient (Wildman–Crippen LogP) is 4.96. The van der Waals surface area contributed by atoms with Gasteiger partial charge in [0, 0.05) is 29.0 Å². The lowest BCUT2D eigenvalue weighted by Crippen LogP contribution is -2.11. The van der Waals surface area contributed by atoms with Crippen molar-refractivity contribution in [3.63, 3.8) is 0 Å². The molecule has 0 aliphatic heterocycles. The summed E-state index contributed by atoms with van der Waals surface area (Å²) in [7, 11) is 1.44. The minimum Gasteiger partial charge on any atom is -0.495 e. The van der Waals surface area contributed by atoms with Gasteiger partial charge in [0.05, 0.1) is 12.8 Å². The van der Waals surface area contributed by atoms with Gasteiger partial charge in [0.25, 0.3) is 0 Å². The Bertz CT molecular complexity index is 920. The lowest BCUT2D eigenvalue weighted by atomic mass is 10.2. The fraction of sp³-hybridized carbons (Fsp3) is 0.118. The number of rotatable bonds is 4. The molecule has 0 fully saturated rings. The van der Waals surface area contributed by atoms with Gasteiger partial charge in [0.1, 0.15) is 11.6 Å². The van der Waals surface area contributed by atoms with Crippen LogP contribution in [0.15, 0.2) is 48.8 Å². The Labute approximate surface area is 151 Å². The molecule has 0 spiro atoms. The van der Waals surface area contributed by atoms with E-state index in [4.69, 9.17) is 16.3 Å². The van der Waals surface area contributed by atoms with Crippen LogP contribution in [0.25, 0.3) is 11.4 Å². The Kier molecular flexibility index (Phi) is 4.94. The highest BCUT2D eigenvalue weighted by Crippen LogP contribution is 2.34. The summed E-state index contributed by atoms with van der Waals surface area (Å²) in [6, 6.07) is 8.71. The summed E-state index contributed by atoms with van der Waals surface area (Å²) in [6.07, 6.45) is -1.74. The molecule has 2 heterocycles. The highest BCUT2D eigenvalue weighted by atomic mass is 35.5. The Balaban J connectivity index is 2.08. The van der Waals surface area contributed by atoms with E-state index in [0.29, 0.717) is 22.0 Å². The minimum atomic E-state index is -4.63. The monoisotopic (exact) mass is 380 g/mol. The van der Waals surface area contributed by atoms with Gasteiger partial charge in [-0.15, -0.1) is 0 Å². The number of aromatic nitrogens is 3. The Morgan fingerprint density at radius 3 is 2.58 bits per heavy atom. The maximum absolute atomic E-state index is 13.2. The molecule has 0 atom stereocenters. The third-order valence-corrected chi connectivity index (χ3v) is 3.60. The van der Waals surface area contributed by atoms with E-state index < -0.39 is 11.9 Å². The summed E-state index contributed by atoms with van der Waals surface area (Å²) in [5.41, 5.74) is -0.335. The van der Waals surface area contributed by atoms with E-state index in [0.717, 1.165) is 6.07 Å². The number of halogens is 4. The first-order chi connectivity index (χ1) is 12.4. The van der Waals surface area contributed by atoms with Gasteiger partial charge in [-0.2, -0.15) is 13.2 Å². The van der Waals surface area contributed by atoms with Gasteiger partial charge in [-0.3, -0.25) is 4.98 Å². The Hall–Kier alpha value is -2.87. The van der Waals surface area contributed by atoms with Gasteiger partial charge in [0.15, 0.2) is 11.5 Å². The first-order valence-electron chi connectivity index (χ1n) is 7.34. The number of alkyl halides is 3. The van der Waals surface area contributed by atoms with E-state index in [-0.39, 0.29) is 11.6 Å². The Morgan fingerprint density at radius 1 is 1.12 bits per heavy atom. The summed E-state index contributed by atoms with van der Waals surface area (Å²) in [5.74, 6) is 0.257.